The van der Waals surface area contributed by atoms with E-state index in [1.165, 1.54) is 22.3 Å². The van der Waals surface area contributed by atoms with E-state index in [1.54, 1.807) is 18.9 Å². The van der Waals surface area contributed by atoms with Crippen molar-refractivity contribution in [3.8, 4) is 5.75 Å². The van der Waals surface area contributed by atoms with Crippen molar-refractivity contribution in [2.45, 2.75) is 37.9 Å². The van der Waals surface area contributed by atoms with Crippen LogP contribution in [0.25, 0.3) is 0 Å². The molecule has 1 aromatic heterocycles. The molecule has 0 unspecified atom stereocenters. The first-order valence-corrected chi connectivity index (χ1v) is 9.56. The minimum atomic E-state index is -0.0490. The fraction of sp³-hybridized carbons (Fsp3) is 0.286. The van der Waals surface area contributed by atoms with Gasteiger partial charge in [0.05, 0.1) is 19.4 Å². The first-order chi connectivity index (χ1) is 12.6. The highest BCUT2D eigenvalue weighted by atomic mass is 32.2. The van der Waals surface area contributed by atoms with Crippen molar-refractivity contribution in [1.82, 2.24) is 9.55 Å². The van der Waals surface area contributed by atoms with Crippen LogP contribution >= 0.6 is 11.8 Å². The number of aromatic nitrogens is 2. The third-order valence-corrected chi connectivity index (χ3v) is 5.36. The molecule has 0 fully saturated rings. The molecule has 26 heavy (non-hydrogen) atoms. The number of imidazole rings is 1. The fourth-order valence-electron chi connectivity index (χ4n) is 2.78. The molecule has 0 atom stereocenters. The van der Waals surface area contributed by atoms with Gasteiger partial charge in [0.25, 0.3) is 0 Å². The lowest BCUT2D eigenvalue weighted by Gasteiger charge is -2.10. The molecule has 5 heteroatoms. The number of benzene rings is 2. The summed E-state index contributed by atoms with van der Waals surface area (Å²) < 4.78 is 7.32. The SMILES string of the molecule is COc1ccc(Cn2cc(CO)nc2SCc2cc(C)ccc2C)cc1. The van der Waals surface area contributed by atoms with Gasteiger partial charge in [-0.3, -0.25) is 0 Å². The van der Waals surface area contributed by atoms with Gasteiger partial charge in [0, 0.05) is 18.5 Å². The Hall–Kier alpha value is -2.24. The standard InChI is InChI=1S/C21H24N2O2S/c1-15-4-5-16(2)18(10-15)14-26-21-22-19(13-24)12-23(21)11-17-6-8-20(25-3)9-7-17/h4-10,12,24H,11,13-14H2,1-3H3. The highest BCUT2D eigenvalue weighted by Gasteiger charge is 2.10. The van der Waals surface area contributed by atoms with E-state index in [1.807, 2.05) is 18.3 Å². The van der Waals surface area contributed by atoms with Gasteiger partial charge in [-0.15, -0.1) is 0 Å². The Morgan fingerprint density at radius 2 is 1.88 bits per heavy atom. The number of hydrogen-bond acceptors (Lipinski definition) is 4. The Kier molecular flexibility index (Phi) is 6.01. The van der Waals surface area contributed by atoms with Gasteiger partial charge in [-0.25, -0.2) is 4.98 Å². The van der Waals surface area contributed by atoms with Gasteiger partial charge in [-0.1, -0.05) is 47.7 Å². The fourth-order valence-corrected chi connectivity index (χ4v) is 3.84. The largest absolute Gasteiger partial charge is 0.497 e. The van der Waals surface area contributed by atoms with Crippen LogP contribution in [0.4, 0.5) is 0 Å². The van der Waals surface area contributed by atoms with E-state index in [9.17, 15) is 5.11 Å². The molecule has 136 valence electrons. The van der Waals surface area contributed by atoms with E-state index in [2.05, 4.69) is 53.7 Å². The Bertz CT molecular complexity index is 872. The van der Waals surface area contributed by atoms with Gasteiger partial charge in [0.15, 0.2) is 5.16 Å². The van der Waals surface area contributed by atoms with Crippen LogP contribution < -0.4 is 4.74 Å². The smallest absolute Gasteiger partial charge is 0.168 e. The minimum absolute atomic E-state index is 0.0490. The van der Waals surface area contributed by atoms with Gasteiger partial charge < -0.3 is 14.4 Å². The predicted octanol–water partition coefficient (Wildman–Crippen LogP) is 4.34. The molecular weight excluding hydrogens is 344 g/mol. The van der Waals surface area contributed by atoms with Crippen molar-refractivity contribution in [3.63, 3.8) is 0 Å². The maximum Gasteiger partial charge on any atom is 0.168 e. The second kappa shape index (κ2) is 8.43. The number of aliphatic hydroxyl groups is 1. The zero-order chi connectivity index (χ0) is 18.5. The van der Waals surface area contributed by atoms with Gasteiger partial charge in [0.1, 0.15) is 5.75 Å². The quantitative estimate of drug-likeness (QED) is 0.630. The molecule has 3 aromatic rings. The van der Waals surface area contributed by atoms with Crippen LogP contribution in [-0.2, 0) is 18.9 Å². The first kappa shape index (κ1) is 18.5. The Balaban J connectivity index is 1.78. The van der Waals surface area contributed by atoms with Crippen LogP contribution in [-0.4, -0.2) is 21.8 Å². The monoisotopic (exact) mass is 368 g/mol. The zero-order valence-corrected chi connectivity index (χ0v) is 16.2. The molecule has 0 aliphatic rings. The van der Waals surface area contributed by atoms with E-state index in [-0.39, 0.29) is 6.61 Å². The van der Waals surface area contributed by atoms with Crippen molar-refractivity contribution in [2.75, 3.05) is 7.11 Å². The van der Waals surface area contributed by atoms with E-state index < -0.39 is 0 Å². The van der Waals surface area contributed by atoms with Crippen molar-refractivity contribution >= 4 is 11.8 Å². The summed E-state index contributed by atoms with van der Waals surface area (Å²) in [6.07, 6.45) is 1.93. The lowest BCUT2D eigenvalue weighted by Crippen LogP contribution is -2.01. The molecule has 0 amide bonds. The van der Waals surface area contributed by atoms with Crippen molar-refractivity contribution < 1.29 is 9.84 Å². The average molecular weight is 369 g/mol. The Morgan fingerprint density at radius 1 is 1.12 bits per heavy atom. The summed E-state index contributed by atoms with van der Waals surface area (Å²) in [6, 6.07) is 14.6. The highest BCUT2D eigenvalue weighted by Crippen LogP contribution is 2.26. The number of aliphatic hydroxyl groups excluding tert-OH is 1. The minimum Gasteiger partial charge on any atom is -0.497 e. The third kappa shape index (κ3) is 4.48. The maximum atomic E-state index is 9.47. The van der Waals surface area contributed by atoms with Crippen molar-refractivity contribution in [1.29, 1.82) is 0 Å². The summed E-state index contributed by atoms with van der Waals surface area (Å²) in [5, 5.41) is 10.4. The number of hydrogen-bond donors (Lipinski definition) is 1. The topological polar surface area (TPSA) is 47.3 Å². The number of nitrogens with zero attached hydrogens (tertiary/aromatic N) is 2. The maximum absolute atomic E-state index is 9.47. The van der Waals surface area contributed by atoms with Crippen LogP contribution in [0.1, 0.15) is 27.9 Å². The van der Waals surface area contributed by atoms with Crippen molar-refractivity contribution in [2.24, 2.45) is 0 Å². The van der Waals surface area contributed by atoms with E-state index in [0.717, 1.165) is 16.7 Å². The van der Waals surface area contributed by atoms with E-state index in [4.69, 9.17) is 4.74 Å². The van der Waals surface area contributed by atoms with Crippen LogP contribution in [0.5, 0.6) is 5.75 Å². The molecule has 0 radical (unpaired) electrons. The Morgan fingerprint density at radius 3 is 2.58 bits per heavy atom. The second-order valence-electron chi connectivity index (χ2n) is 6.37. The van der Waals surface area contributed by atoms with Crippen LogP contribution in [0.3, 0.4) is 0 Å². The molecule has 3 rings (SSSR count). The molecule has 1 N–H and O–H groups in total. The molecule has 0 spiro atoms. The molecule has 0 saturated heterocycles. The summed E-state index contributed by atoms with van der Waals surface area (Å²) >= 11 is 1.70. The second-order valence-corrected chi connectivity index (χ2v) is 7.31. The predicted molar refractivity (Wildman–Crippen MR) is 106 cm³/mol. The number of aryl methyl sites for hydroxylation is 2. The van der Waals surface area contributed by atoms with Gasteiger partial charge in [-0.05, 0) is 42.7 Å². The van der Waals surface area contributed by atoms with Crippen LogP contribution in [0.2, 0.25) is 0 Å². The molecule has 0 aliphatic heterocycles. The summed E-state index contributed by atoms with van der Waals surface area (Å²) in [6.45, 7) is 4.92. The lowest BCUT2D eigenvalue weighted by atomic mass is 10.1. The van der Waals surface area contributed by atoms with E-state index in [0.29, 0.717) is 12.2 Å². The lowest BCUT2D eigenvalue weighted by molar-refractivity contribution is 0.277. The molecule has 0 bridgehead atoms. The molecule has 4 nitrogen and oxygen atoms in total. The zero-order valence-electron chi connectivity index (χ0n) is 15.4. The third-order valence-electron chi connectivity index (χ3n) is 4.33. The van der Waals surface area contributed by atoms with Gasteiger partial charge in [0.2, 0.25) is 0 Å². The molecule has 0 saturated carbocycles. The molecular formula is C21H24N2O2S. The summed E-state index contributed by atoms with van der Waals surface area (Å²) in [7, 11) is 1.67. The van der Waals surface area contributed by atoms with Gasteiger partial charge in [-0.2, -0.15) is 0 Å². The van der Waals surface area contributed by atoms with Crippen molar-refractivity contribution in [3.05, 3.63) is 76.6 Å². The highest BCUT2D eigenvalue weighted by molar-refractivity contribution is 7.98. The summed E-state index contributed by atoms with van der Waals surface area (Å²) in [5.41, 5.74) is 5.74. The molecule has 2 aromatic carbocycles. The molecule has 1 heterocycles. The van der Waals surface area contributed by atoms with Crippen LogP contribution in [0, 0.1) is 13.8 Å². The normalized spacial score (nSPS) is 10.9. The summed E-state index contributed by atoms with van der Waals surface area (Å²) in [5.74, 6) is 1.71. The van der Waals surface area contributed by atoms with Gasteiger partial charge >= 0.3 is 0 Å². The first-order valence-electron chi connectivity index (χ1n) is 8.58. The number of ether oxygens (including phenoxy) is 1. The average Bonchev–Trinajstić information content (AvgIpc) is 3.05. The van der Waals surface area contributed by atoms with Crippen LogP contribution in [0.15, 0.2) is 53.8 Å². The summed E-state index contributed by atoms with van der Waals surface area (Å²) in [4.78, 5) is 4.58. The Labute approximate surface area is 158 Å². The number of rotatable bonds is 7. The van der Waals surface area contributed by atoms with E-state index >= 15 is 0 Å². The number of methoxy groups -OCH3 is 1. The number of thioether (sulfide) groups is 1. The molecule has 0 aliphatic carbocycles.